The molecule has 2 aromatic carbocycles. The summed E-state index contributed by atoms with van der Waals surface area (Å²) >= 11 is 0. The van der Waals surface area contributed by atoms with Gasteiger partial charge in [0, 0.05) is 12.6 Å². The fourth-order valence-corrected chi connectivity index (χ4v) is 3.63. The molecule has 0 fully saturated rings. The Morgan fingerprint density at radius 2 is 1.63 bits per heavy atom. The zero-order valence-corrected chi connectivity index (χ0v) is 21.0. The Labute approximate surface area is 198 Å². The van der Waals surface area contributed by atoms with E-state index in [2.05, 4.69) is 51.5 Å². The molecule has 0 amide bonds. The summed E-state index contributed by atoms with van der Waals surface area (Å²) < 4.78 is 25.6. The highest BCUT2D eigenvalue weighted by Gasteiger charge is 2.09. The Kier molecular flexibility index (Phi) is 12.0. The van der Waals surface area contributed by atoms with Gasteiger partial charge in [-0.05, 0) is 50.4 Å². The van der Waals surface area contributed by atoms with Crippen molar-refractivity contribution in [3.05, 3.63) is 71.3 Å². The predicted molar refractivity (Wildman–Crippen MR) is 136 cm³/mol. The van der Waals surface area contributed by atoms with E-state index in [1.165, 1.54) is 12.6 Å². The first-order valence-electron chi connectivity index (χ1n) is 9.99. The van der Waals surface area contributed by atoms with Crippen LogP contribution in [-0.2, 0) is 28.7 Å². The third-order valence-corrected chi connectivity index (χ3v) is 5.88. The van der Waals surface area contributed by atoms with Crippen molar-refractivity contribution < 1.29 is 8.42 Å². The van der Waals surface area contributed by atoms with Crippen LogP contribution >= 0.6 is 24.0 Å². The van der Waals surface area contributed by atoms with Crippen LogP contribution in [0.2, 0.25) is 0 Å². The van der Waals surface area contributed by atoms with E-state index in [1.807, 2.05) is 37.3 Å². The molecule has 2 rings (SSSR count). The Morgan fingerprint density at radius 3 is 2.23 bits per heavy atom. The molecule has 1 unspecified atom stereocenters. The van der Waals surface area contributed by atoms with Crippen LogP contribution in [0.15, 0.2) is 59.6 Å². The highest BCUT2D eigenvalue weighted by Crippen LogP contribution is 2.09. The number of aryl methyl sites for hydroxylation is 1. The van der Waals surface area contributed by atoms with Crippen molar-refractivity contribution in [2.24, 2.45) is 4.99 Å². The zero-order chi connectivity index (χ0) is 21.1. The van der Waals surface area contributed by atoms with Gasteiger partial charge < -0.3 is 10.6 Å². The third kappa shape index (κ3) is 9.90. The van der Waals surface area contributed by atoms with Gasteiger partial charge >= 0.3 is 0 Å². The van der Waals surface area contributed by atoms with Gasteiger partial charge in [-0.15, -0.1) is 24.0 Å². The summed E-state index contributed by atoms with van der Waals surface area (Å²) in [6, 6.07) is 18.3. The normalized spacial score (nSPS) is 12.7. The van der Waals surface area contributed by atoms with E-state index >= 15 is 0 Å². The maximum atomic E-state index is 11.6. The number of halogens is 1. The van der Waals surface area contributed by atoms with Crippen molar-refractivity contribution in [3.63, 3.8) is 0 Å². The van der Waals surface area contributed by atoms with E-state index in [1.54, 1.807) is 0 Å². The molecule has 0 aliphatic carbocycles. The van der Waals surface area contributed by atoms with Crippen molar-refractivity contribution in [2.75, 3.05) is 13.6 Å². The molecule has 30 heavy (non-hydrogen) atoms. The molecule has 0 aromatic heterocycles. The van der Waals surface area contributed by atoms with Crippen molar-refractivity contribution in [1.29, 1.82) is 0 Å². The van der Waals surface area contributed by atoms with Gasteiger partial charge in [-0.2, -0.15) is 0 Å². The molecule has 0 radical (unpaired) electrons. The predicted octanol–water partition coefficient (Wildman–Crippen LogP) is 3.43. The lowest BCUT2D eigenvalue weighted by Crippen LogP contribution is -2.42. The van der Waals surface area contributed by atoms with Crippen molar-refractivity contribution >= 4 is 40.0 Å². The number of rotatable bonds is 10. The van der Waals surface area contributed by atoms with Gasteiger partial charge in [0.1, 0.15) is 0 Å². The highest BCUT2D eigenvalue weighted by molar-refractivity contribution is 14.0. The van der Waals surface area contributed by atoms with E-state index in [0.717, 1.165) is 36.5 Å². The molecule has 0 spiro atoms. The molecule has 0 saturated carbocycles. The van der Waals surface area contributed by atoms with Gasteiger partial charge in [-0.1, -0.05) is 54.6 Å². The Hall–Kier alpha value is -1.65. The smallest absolute Gasteiger partial charge is 0.215 e. The topological polar surface area (TPSA) is 82.6 Å². The summed E-state index contributed by atoms with van der Waals surface area (Å²) in [4.78, 5) is 4.66. The maximum Gasteiger partial charge on any atom is 0.215 e. The van der Waals surface area contributed by atoms with Crippen LogP contribution in [0.3, 0.4) is 0 Å². The van der Waals surface area contributed by atoms with Gasteiger partial charge in [0.25, 0.3) is 0 Å². The first-order valence-corrected chi connectivity index (χ1v) is 11.6. The largest absolute Gasteiger partial charge is 0.357 e. The van der Waals surface area contributed by atoms with Gasteiger partial charge in [0.2, 0.25) is 10.0 Å². The molecule has 6 nitrogen and oxygen atoms in total. The standard InChI is InChI=1S/C22H32N4O2S.HI/c1-4-24-22(26-18(2)10-11-19-8-6-5-7-9-19)25-16-20-12-14-21(15-13-20)17-29(27,28)23-3;/h5-9,12-15,18,23H,4,10-11,16-17H2,1-3H3,(H2,24,25,26);1H. The number of sulfonamides is 1. The molecule has 8 heteroatoms. The number of aliphatic imine (C=N–C) groups is 1. The second kappa shape index (κ2) is 13.6. The van der Waals surface area contributed by atoms with E-state index < -0.39 is 10.0 Å². The van der Waals surface area contributed by atoms with E-state index in [-0.39, 0.29) is 29.7 Å². The number of guanidine groups is 1. The molecule has 0 heterocycles. The lowest BCUT2D eigenvalue weighted by Gasteiger charge is -2.18. The SMILES string of the molecule is CCNC(=NCc1ccc(CS(=O)(=O)NC)cc1)NC(C)CCc1ccccc1.I. The lowest BCUT2D eigenvalue weighted by molar-refractivity contribution is 0.587. The molecule has 0 aliphatic rings. The second-order valence-corrected chi connectivity index (χ2v) is 8.97. The van der Waals surface area contributed by atoms with E-state index in [0.29, 0.717) is 12.6 Å². The minimum Gasteiger partial charge on any atom is -0.357 e. The molecular weight excluding hydrogens is 511 g/mol. The molecule has 2 aromatic rings. The van der Waals surface area contributed by atoms with E-state index in [9.17, 15) is 8.42 Å². The van der Waals surface area contributed by atoms with Crippen LogP contribution in [0.4, 0.5) is 0 Å². The van der Waals surface area contributed by atoms with Crippen LogP contribution in [-0.4, -0.2) is 34.0 Å². The summed E-state index contributed by atoms with van der Waals surface area (Å²) in [6.45, 7) is 5.52. The number of hydrogen-bond acceptors (Lipinski definition) is 3. The second-order valence-electron chi connectivity index (χ2n) is 7.04. The first-order chi connectivity index (χ1) is 13.9. The fraction of sp³-hybridized carbons (Fsp3) is 0.409. The van der Waals surface area contributed by atoms with E-state index in [4.69, 9.17) is 0 Å². The van der Waals surface area contributed by atoms with Gasteiger partial charge in [-0.3, -0.25) is 0 Å². The summed E-state index contributed by atoms with van der Waals surface area (Å²) in [5, 5.41) is 6.74. The minimum absolute atomic E-state index is 0. The number of benzene rings is 2. The quantitative estimate of drug-likeness (QED) is 0.243. The molecule has 0 bridgehead atoms. The van der Waals surface area contributed by atoms with Crippen LogP contribution in [0, 0.1) is 0 Å². The van der Waals surface area contributed by atoms with Gasteiger partial charge in [0.15, 0.2) is 5.96 Å². The van der Waals surface area contributed by atoms with Crippen LogP contribution < -0.4 is 15.4 Å². The summed E-state index contributed by atoms with van der Waals surface area (Å²) in [5.74, 6) is 0.769. The number of hydrogen-bond donors (Lipinski definition) is 3. The molecular formula is C22H33IN4O2S. The molecule has 3 N–H and O–H groups in total. The van der Waals surface area contributed by atoms with Crippen LogP contribution in [0.25, 0.3) is 0 Å². The maximum absolute atomic E-state index is 11.6. The number of nitrogens with one attached hydrogen (secondary N) is 3. The van der Waals surface area contributed by atoms with Crippen molar-refractivity contribution in [2.45, 2.75) is 45.0 Å². The lowest BCUT2D eigenvalue weighted by atomic mass is 10.1. The highest BCUT2D eigenvalue weighted by atomic mass is 127. The summed E-state index contributed by atoms with van der Waals surface area (Å²) in [5.41, 5.74) is 3.12. The Morgan fingerprint density at radius 1 is 1.00 bits per heavy atom. The first kappa shape index (κ1) is 26.4. The summed E-state index contributed by atoms with van der Waals surface area (Å²) in [6.07, 6.45) is 2.04. The van der Waals surface area contributed by atoms with Crippen molar-refractivity contribution in [1.82, 2.24) is 15.4 Å². The zero-order valence-electron chi connectivity index (χ0n) is 17.9. The van der Waals surface area contributed by atoms with Crippen molar-refractivity contribution in [3.8, 4) is 0 Å². The Balaban J connectivity index is 0.00000450. The van der Waals surface area contributed by atoms with Gasteiger partial charge in [0.05, 0.1) is 12.3 Å². The average molecular weight is 545 g/mol. The summed E-state index contributed by atoms with van der Waals surface area (Å²) in [7, 11) is -1.83. The molecule has 0 saturated heterocycles. The van der Waals surface area contributed by atoms with Gasteiger partial charge in [-0.25, -0.2) is 18.1 Å². The third-order valence-electron chi connectivity index (χ3n) is 4.55. The molecule has 0 aliphatic heterocycles. The van der Waals surface area contributed by atoms with Crippen LogP contribution in [0.5, 0.6) is 0 Å². The fourth-order valence-electron chi connectivity index (χ4n) is 2.86. The molecule has 166 valence electrons. The van der Waals surface area contributed by atoms with Crippen LogP contribution in [0.1, 0.15) is 37.0 Å². The Bertz CT molecular complexity index is 872. The number of nitrogens with zero attached hydrogens (tertiary/aromatic N) is 1. The monoisotopic (exact) mass is 544 g/mol. The average Bonchev–Trinajstić information content (AvgIpc) is 2.72. The molecule has 1 atom stereocenters. The minimum atomic E-state index is -3.26.